The normalized spacial score (nSPS) is 10.8. The Morgan fingerprint density at radius 1 is 1.44 bits per heavy atom. The predicted molar refractivity (Wildman–Crippen MR) is 65.2 cm³/mol. The van der Waals surface area contributed by atoms with Crippen molar-refractivity contribution < 1.29 is 14.3 Å². The second kappa shape index (κ2) is 4.25. The lowest BCUT2D eigenvalue weighted by atomic mass is 10.0. The average Bonchev–Trinajstić information content (AvgIpc) is 2.31. The van der Waals surface area contributed by atoms with Crippen molar-refractivity contribution in [1.29, 1.82) is 0 Å². The van der Waals surface area contributed by atoms with E-state index in [9.17, 15) is 14.0 Å². The Morgan fingerprint density at radius 2 is 2.11 bits per heavy atom. The number of carboxylic acid groups (broad SMARTS) is 1. The summed E-state index contributed by atoms with van der Waals surface area (Å²) in [4.78, 5) is 22.8. The number of pyridine rings is 1. The third-order valence-corrected chi connectivity index (χ3v) is 3.07. The molecule has 0 saturated carbocycles. The van der Waals surface area contributed by atoms with Gasteiger partial charge in [0.15, 0.2) is 0 Å². The summed E-state index contributed by atoms with van der Waals surface area (Å²) < 4.78 is 14.6. The maximum absolute atomic E-state index is 13.2. The van der Waals surface area contributed by atoms with Crippen LogP contribution in [0.1, 0.15) is 11.1 Å². The minimum atomic E-state index is -1.08. The molecule has 0 fully saturated rings. The number of hydrogen-bond acceptors (Lipinski definition) is 2. The van der Waals surface area contributed by atoms with Crippen LogP contribution in [-0.2, 0) is 18.3 Å². The van der Waals surface area contributed by atoms with Gasteiger partial charge in [-0.2, -0.15) is 0 Å². The third kappa shape index (κ3) is 1.88. The van der Waals surface area contributed by atoms with Crippen molar-refractivity contribution >= 4 is 16.9 Å². The van der Waals surface area contributed by atoms with Gasteiger partial charge < -0.3 is 9.67 Å². The summed E-state index contributed by atoms with van der Waals surface area (Å²) in [6.07, 6.45) is -0.356. The maximum Gasteiger partial charge on any atom is 0.308 e. The van der Waals surface area contributed by atoms with Gasteiger partial charge in [0, 0.05) is 18.0 Å². The van der Waals surface area contributed by atoms with Crippen LogP contribution in [0.25, 0.3) is 10.9 Å². The highest BCUT2D eigenvalue weighted by Gasteiger charge is 2.15. The van der Waals surface area contributed by atoms with Crippen LogP contribution in [0.3, 0.4) is 0 Å². The summed E-state index contributed by atoms with van der Waals surface area (Å²) in [6, 6.07) is 4.11. The number of aliphatic carboxylic acids is 1. The number of rotatable bonds is 2. The lowest BCUT2D eigenvalue weighted by molar-refractivity contribution is -0.136. The van der Waals surface area contributed by atoms with Crippen molar-refractivity contribution in [1.82, 2.24) is 4.57 Å². The molecule has 5 heteroatoms. The fraction of sp³-hybridized carbons (Fsp3) is 0.231. The van der Waals surface area contributed by atoms with E-state index in [0.29, 0.717) is 16.5 Å². The van der Waals surface area contributed by atoms with Crippen LogP contribution in [-0.4, -0.2) is 15.6 Å². The first-order chi connectivity index (χ1) is 8.41. The van der Waals surface area contributed by atoms with Gasteiger partial charge in [-0.25, -0.2) is 4.39 Å². The topological polar surface area (TPSA) is 59.3 Å². The van der Waals surface area contributed by atoms with Crippen LogP contribution >= 0.6 is 0 Å². The molecule has 1 aromatic heterocycles. The van der Waals surface area contributed by atoms with Crippen molar-refractivity contribution in [2.75, 3.05) is 0 Å². The predicted octanol–water partition coefficient (Wildman–Crippen LogP) is 1.61. The minimum Gasteiger partial charge on any atom is -0.481 e. The van der Waals surface area contributed by atoms with E-state index in [0.717, 1.165) is 0 Å². The number of aryl methyl sites for hydroxylation is 2. The smallest absolute Gasteiger partial charge is 0.308 e. The number of aromatic nitrogens is 1. The molecule has 0 atom stereocenters. The fourth-order valence-electron chi connectivity index (χ4n) is 2.10. The van der Waals surface area contributed by atoms with Gasteiger partial charge in [0.2, 0.25) is 0 Å². The van der Waals surface area contributed by atoms with Crippen molar-refractivity contribution in [2.45, 2.75) is 13.3 Å². The highest BCUT2D eigenvalue weighted by atomic mass is 19.1. The van der Waals surface area contributed by atoms with E-state index in [4.69, 9.17) is 5.11 Å². The molecule has 1 heterocycles. The zero-order valence-electron chi connectivity index (χ0n) is 10.0. The summed E-state index contributed by atoms with van der Waals surface area (Å²) in [5.41, 5.74) is 0.958. The van der Waals surface area contributed by atoms with Crippen LogP contribution in [0.4, 0.5) is 4.39 Å². The molecule has 4 nitrogen and oxygen atoms in total. The van der Waals surface area contributed by atoms with Crippen LogP contribution in [0, 0.1) is 12.7 Å². The van der Waals surface area contributed by atoms with Gasteiger partial charge in [0.05, 0.1) is 11.9 Å². The van der Waals surface area contributed by atoms with Gasteiger partial charge in [0.25, 0.3) is 5.56 Å². The summed E-state index contributed by atoms with van der Waals surface area (Å²) in [5.74, 6) is -1.49. The molecule has 2 aromatic rings. The monoisotopic (exact) mass is 249 g/mol. The van der Waals surface area contributed by atoms with Crippen LogP contribution < -0.4 is 5.56 Å². The fourth-order valence-corrected chi connectivity index (χ4v) is 2.10. The van der Waals surface area contributed by atoms with E-state index in [1.165, 1.54) is 22.8 Å². The van der Waals surface area contributed by atoms with E-state index in [2.05, 4.69) is 0 Å². The highest BCUT2D eigenvalue weighted by Crippen LogP contribution is 2.20. The first-order valence-corrected chi connectivity index (χ1v) is 5.41. The van der Waals surface area contributed by atoms with E-state index in [-0.39, 0.29) is 17.5 Å². The molecule has 0 radical (unpaired) electrons. The molecule has 0 saturated heterocycles. The molecular formula is C13H12FNO3. The van der Waals surface area contributed by atoms with Crippen LogP contribution in [0.2, 0.25) is 0 Å². The Labute approximate surface area is 102 Å². The van der Waals surface area contributed by atoms with E-state index < -0.39 is 11.8 Å². The molecule has 0 aliphatic rings. The summed E-state index contributed by atoms with van der Waals surface area (Å²) in [7, 11) is 1.55. The number of halogens is 1. The van der Waals surface area contributed by atoms with Crippen molar-refractivity contribution in [3.05, 3.63) is 45.5 Å². The molecule has 1 aromatic carbocycles. The summed E-state index contributed by atoms with van der Waals surface area (Å²) in [5, 5.41) is 9.37. The van der Waals surface area contributed by atoms with Gasteiger partial charge in [-0.15, -0.1) is 0 Å². The molecule has 0 aliphatic carbocycles. The van der Waals surface area contributed by atoms with E-state index in [1.54, 1.807) is 14.0 Å². The molecular weight excluding hydrogens is 237 g/mol. The lowest BCUT2D eigenvalue weighted by Gasteiger charge is -2.11. The maximum atomic E-state index is 13.2. The van der Waals surface area contributed by atoms with Gasteiger partial charge in [-0.1, -0.05) is 0 Å². The van der Waals surface area contributed by atoms with Gasteiger partial charge in [0.1, 0.15) is 5.82 Å². The van der Waals surface area contributed by atoms with Gasteiger partial charge in [-0.3, -0.25) is 9.59 Å². The molecule has 0 unspecified atom stereocenters. The number of hydrogen-bond donors (Lipinski definition) is 1. The van der Waals surface area contributed by atoms with Crippen LogP contribution in [0.15, 0.2) is 23.0 Å². The van der Waals surface area contributed by atoms with E-state index in [1.807, 2.05) is 0 Å². The summed E-state index contributed by atoms with van der Waals surface area (Å²) in [6.45, 7) is 1.64. The van der Waals surface area contributed by atoms with Crippen molar-refractivity contribution in [2.24, 2.45) is 7.05 Å². The number of carbonyl (C=O) groups is 1. The molecule has 0 amide bonds. The molecule has 0 aliphatic heterocycles. The molecule has 1 N–H and O–H groups in total. The van der Waals surface area contributed by atoms with Crippen molar-refractivity contribution in [3.63, 3.8) is 0 Å². The van der Waals surface area contributed by atoms with Crippen LogP contribution in [0.5, 0.6) is 0 Å². The Hall–Kier alpha value is -2.17. The number of fused-ring (bicyclic) bond motifs is 1. The first kappa shape index (κ1) is 12.3. The molecule has 94 valence electrons. The average molecular weight is 249 g/mol. The summed E-state index contributed by atoms with van der Waals surface area (Å²) >= 11 is 0. The zero-order chi connectivity index (χ0) is 13.4. The quantitative estimate of drug-likeness (QED) is 0.879. The highest BCUT2D eigenvalue weighted by molar-refractivity contribution is 5.85. The third-order valence-electron chi connectivity index (χ3n) is 3.07. The number of benzene rings is 1. The molecule has 18 heavy (non-hydrogen) atoms. The largest absolute Gasteiger partial charge is 0.481 e. The Balaban J connectivity index is 2.88. The standard InChI is InChI=1S/C13H12FNO3/c1-7-9-5-8(14)3-4-11(9)15(2)13(18)10(7)6-12(16)17/h3-5H,6H2,1-2H3,(H,16,17). The van der Waals surface area contributed by atoms with Crippen molar-refractivity contribution in [3.8, 4) is 0 Å². The zero-order valence-corrected chi connectivity index (χ0v) is 10.0. The van der Waals surface area contributed by atoms with Gasteiger partial charge in [-0.05, 0) is 30.7 Å². The Kier molecular flexibility index (Phi) is 2.90. The second-order valence-electron chi connectivity index (χ2n) is 4.20. The number of carboxylic acids is 1. The number of nitrogens with zero attached hydrogens (tertiary/aromatic N) is 1. The lowest BCUT2D eigenvalue weighted by Crippen LogP contribution is -2.25. The van der Waals surface area contributed by atoms with Gasteiger partial charge >= 0.3 is 5.97 Å². The minimum absolute atomic E-state index is 0.197. The molecule has 2 rings (SSSR count). The Morgan fingerprint density at radius 3 is 2.72 bits per heavy atom. The molecule has 0 spiro atoms. The SMILES string of the molecule is Cc1c(CC(=O)O)c(=O)n(C)c2ccc(F)cc12. The second-order valence-corrected chi connectivity index (χ2v) is 4.20. The Bertz CT molecular complexity index is 703. The first-order valence-electron chi connectivity index (χ1n) is 5.41. The molecule has 0 bridgehead atoms. The van der Waals surface area contributed by atoms with E-state index >= 15 is 0 Å².